The molecule has 4 aliphatic carbocycles. The molecular weight excluding hydrogens is 272 g/mol. The van der Waals surface area contributed by atoms with Gasteiger partial charge < -0.3 is 0 Å². The molecule has 0 radical (unpaired) electrons. The predicted octanol–water partition coefficient (Wildman–Crippen LogP) is 4.33. The minimum Gasteiger partial charge on any atom is -0.300 e. The van der Waals surface area contributed by atoms with Crippen molar-refractivity contribution in [1.29, 1.82) is 0 Å². The molecule has 4 saturated carbocycles. The molecule has 0 saturated heterocycles. The van der Waals surface area contributed by atoms with Crippen LogP contribution in [0.5, 0.6) is 0 Å². The topological polar surface area (TPSA) is 34.1 Å². The molecule has 0 N–H and O–H groups in total. The van der Waals surface area contributed by atoms with Gasteiger partial charge in [-0.1, -0.05) is 26.0 Å². The Bertz CT molecular complexity index is 562. The molecule has 6 atom stereocenters. The highest BCUT2D eigenvalue weighted by atomic mass is 16.1. The summed E-state index contributed by atoms with van der Waals surface area (Å²) in [4.78, 5) is 24.4. The molecule has 4 rings (SSSR count). The summed E-state index contributed by atoms with van der Waals surface area (Å²) in [7, 11) is 0. The molecule has 22 heavy (non-hydrogen) atoms. The van der Waals surface area contributed by atoms with Crippen molar-refractivity contribution in [2.24, 2.45) is 34.5 Å². The van der Waals surface area contributed by atoms with Crippen molar-refractivity contribution in [3.05, 3.63) is 12.2 Å². The maximum Gasteiger partial charge on any atom is 0.139 e. The van der Waals surface area contributed by atoms with Crippen molar-refractivity contribution in [3.8, 4) is 0 Å². The van der Waals surface area contributed by atoms with Gasteiger partial charge in [0.1, 0.15) is 11.6 Å². The Labute approximate surface area is 133 Å². The zero-order valence-electron chi connectivity index (χ0n) is 14.0. The van der Waals surface area contributed by atoms with E-state index in [-0.39, 0.29) is 5.41 Å². The van der Waals surface area contributed by atoms with E-state index in [0.717, 1.165) is 51.4 Å². The standard InChI is InChI=1S/C20H28O2/c1-12-10-13-11-14(21)6-8-19(13,2)16-7-9-20(3)15(18(12)16)4-5-17(20)22/h13,15-16,18H,1,4-11H2,2-3H3/t13?,15?,16?,18?,19-,20-/m0/s1. The van der Waals surface area contributed by atoms with E-state index in [2.05, 4.69) is 20.4 Å². The molecule has 0 aliphatic heterocycles. The van der Waals surface area contributed by atoms with Crippen LogP contribution in [0.3, 0.4) is 0 Å². The monoisotopic (exact) mass is 300 g/mol. The Morgan fingerprint density at radius 1 is 1.00 bits per heavy atom. The van der Waals surface area contributed by atoms with Crippen molar-refractivity contribution in [2.45, 2.75) is 65.2 Å². The molecular formula is C20H28O2. The van der Waals surface area contributed by atoms with Crippen LogP contribution in [0.1, 0.15) is 65.2 Å². The van der Waals surface area contributed by atoms with Gasteiger partial charge in [0.15, 0.2) is 0 Å². The molecule has 0 aromatic carbocycles. The van der Waals surface area contributed by atoms with E-state index in [9.17, 15) is 9.59 Å². The van der Waals surface area contributed by atoms with Gasteiger partial charge in [-0.2, -0.15) is 0 Å². The normalized spacial score (nSPS) is 51.3. The summed E-state index contributed by atoms with van der Waals surface area (Å²) in [6.07, 6.45) is 7.66. The summed E-state index contributed by atoms with van der Waals surface area (Å²) in [6.45, 7) is 9.10. The first-order chi connectivity index (χ1) is 10.4. The van der Waals surface area contributed by atoms with Gasteiger partial charge in [-0.05, 0) is 61.2 Å². The number of ketones is 2. The number of rotatable bonds is 0. The first-order valence-electron chi connectivity index (χ1n) is 9.09. The second-order valence-corrected chi connectivity index (χ2v) is 8.96. The van der Waals surface area contributed by atoms with Crippen molar-refractivity contribution >= 4 is 11.6 Å². The summed E-state index contributed by atoms with van der Waals surface area (Å²) < 4.78 is 0. The minimum absolute atomic E-state index is 0.0855. The molecule has 120 valence electrons. The summed E-state index contributed by atoms with van der Waals surface area (Å²) in [5, 5.41) is 0. The molecule has 0 bridgehead atoms. The molecule has 4 aliphatic rings. The Balaban J connectivity index is 1.72. The fourth-order valence-electron chi connectivity index (χ4n) is 6.69. The lowest BCUT2D eigenvalue weighted by atomic mass is 9.44. The maximum absolute atomic E-state index is 12.4. The summed E-state index contributed by atoms with van der Waals surface area (Å²) >= 11 is 0. The molecule has 4 unspecified atom stereocenters. The summed E-state index contributed by atoms with van der Waals surface area (Å²) in [6, 6.07) is 0. The predicted molar refractivity (Wildman–Crippen MR) is 86.3 cm³/mol. The second kappa shape index (κ2) is 4.55. The zero-order chi connectivity index (χ0) is 15.7. The van der Waals surface area contributed by atoms with Gasteiger partial charge in [-0.25, -0.2) is 0 Å². The molecule has 0 aromatic rings. The van der Waals surface area contributed by atoms with Gasteiger partial charge in [0.2, 0.25) is 0 Å². The third-order valence-electron chi connectivity index (χ3n) is 8.16. The van der Waals surface area contributed by atoms with Crippen LogP contribution in [0.15, 0.2) is 12.2 Å². The number of carbonyl (C=O) groups is 2. The van der Waals surface area contributed by atoms with Crippen LogP contribution in [0.2, 0.25) is 0 Å². The SMILES string of the molecule is C=C1CC2CC(=O)CC[C@]2(C)C2CC[C@]3(C)C(=O)CCC3C12. The van der Waals surface area contributed by atoms with Crippen LogP contribution in [-0.4, -0.2) is 11.6 Å². The average molecular weight is 300 g/mol. The first kappa shape index (κ1) is 14.7. The van der Waals surface area contributed by atoms with E-state index in [1.807, 2.05) is 0 Å². The van der Waals surface area contributed by atoms with Crippen molar-refractivity contribution in [2.75, 3.05) is 0 Å². The van der Waals surface area contributed by atoms with Gasteiger partial charge in [0.05, 0.1) is 0 Å². The van der Waals surface area contributed by atoms with E-state index in [4.69, 9.17) is 0 Å². The molecule has 2 nitrogen and oxygen atoms in total. The van der Waals surface area contributed by atoms with Gasteiger partial charge >= 0.3 is 0 Å². The van der Waals surface area contributed by atoms with Gasteiger partial charge in [0, 0.05) is 24.7 Å². The Hall–Kier alpha value is -0.920. The molecule has 4 fully saturated rings. The van der Waals surface area contributed by atoms with Gasteiger partial charge in [0.25, 0.3) is 0 Å². The van der Waals surface area contributed by atoms with Crippen molar-refractivity contribution in [1.82, 2.24) is 0 Å². The Kier molecular flexibility index (Phi) is 3.03. The van der Waals surface area contributed by atoms with E-state index in [1.54, 1.807) is 0 Å². The van der Waals surface area contributed by atoms with E-state index in [1.165, 1.54) is 5.57 Å². The van der Waals surface area contributed by atoms with Crippen LogP contribution < -0.4 is 0 Å². The van der Waals surface area contributed by atoms with Crippen LogP contribution >= 0.6 is 0 Å². The fourth-order valence-corrected chi connectivity index (χ4v) is 6.69. The minimum atomic E-state index is -0.0855. The smallest absolute Gasteiger partial charge is 0.139 e. The molecule has 0 aromatic heterocycles. The lowest BCUT2D eigenvalue weighted by molar-refractivity contribution is -0.138. The second-order valence-electron chi connectivity index (χ2n) is 8.96. The number of allylic oxidation sites excluding steroid dienone is 1. The number of hydrogen-bond acceptors (Lipinski definition) is 2. The zero-order valence-corrected chi connectivity index (χ0v) is 14.0. The van der Waals surface area contributed by atoms with Gasteiger partial charge in [-0.15, -0.1) is 0 Å². The highest BCUT2D eigenvalue weighted by Gasteiger charge is 2.61. The number of hydrogen-bond donors (Lipinski definition) is 0. The maximum atomic E-state index is 12.4. The van der Waals surface area contributed by atoms with Crippen molar-refractivity contribution < 1.29 is 9.59 Å². The lowest BCUT2D eigenvalue weighted by Gasteiger charge is -2.60. The van der Waals surface area contributed by atoms with Crippen molar-refractivity contribution in [3.63, 3.8) is 0 Å². The number of carbonyl (C=O) groups excluding carboxylic acids is 2. The lowest BCUT2D eigenvalue weighted by Crippen LogP contribution is -2.54. The number of Topliss-reactive ketones (excluding diaryl/α,β-unsaturated/α-hetero) is 2. The van der Waals surface area contributed by atoms with Crippen LogP contribution in [0, 0.1) is 34.5 Å². The summed E-state index contributed by atoms with van der Waals surface area (Å²) in [5.41, 5.74) is 1.57. The molecule has 0 spiro atoms. The van der Waals surface area contributed by atoms with Crippen LogP contribution in [0.4, 0.5) is 0 Å². The molecule has 0 heterocycles. The third kappa shape index (κ3) is 1.73. The number of fused-ring (bicyclic) bond motifs is 5. The third-order valence-corrected chi connectivity index (χ3v) is 8.16. The van der Waals surface area contributed by atoms with E-state index >= 15 is 0 Å². The van der Waals surface area contributed by atoms with Crippen LogP contribution in [0.25, 0.3) is 0 Å². The Morgan fingerprint density at radius 2 is 1.77 bits per heavy atom. The van der Waals surface area contributed by atoms with E-state index < -0.39 is 0 Å². The quantitative estimate of drug-likeness (QED) is 0.624. The highest BCUT2D eigenvalue weighted by Crippen LogP contribution is 2.66. The average Bonchev–Trinajstić information content (AvgIpc) is 2.77. The molecule has 2 heteroatoms. The summed E-state index contributed by atoms with van der Waals surface area (Å²) in [5.74, 6) is 3.14. The first-order valence-corrected chi connectivity index (χ1v) is 9.09. The van der Waals surface area contributed by atoms with Crippen LogP contribution in [-0.2, 0) is 9.59 Å². The fraction of sp³-hybridized carbons (Fsp3) is 0.800. The highest BCUT2D eigenvalue weighted by molar-refractivity contribution is 5.87. The Morgan fingerprint density at radius 3 is 2.55 bits per heavy atom. The molecule has 0 amide bonds. The van der Waals surface area contributed by atoms with E-state index in [0.29, 0.717) is 40.7 Å². The largest absolute Gasteiger partial charge is 0.300 e. The van der Waals surface area contributed by atoms with Gasteiger partial charge in [-0.3, -0.25) is 9.59 Å².